The first-order chi connectivity index (χ1) is 17.9. The van der Waals surface area contributed by atoms with Gasteiger partial charge in [0.05, 0.1) is 5.58 Å². The zero-order valence-electron chi connectivity index (χ0n) is 22.2. The molecule has 4 nitrogen and oxygen atoms in total. The van der Waals surface area contributed by atoms with Crippen molar-refractivity contribution in [1.82, 2.24) is 15.0 Å². The fraction of sp³-hybridized carbons (Fsp3) is 0.182. The summed E-state index contributed by atoms with van der Waals surface area (Å²) in [5.74, 6) is 0.452. The number of benzene rings is 2. The van der Waals surface area contributed by atoms with E-state index in [-0.39, 0.29) is 20.1 Å². The van der Waals surface area contributed by atoms with Gasteiger partial charge < -0.3 is 14.4 Å². The number of rotatable bonds is 3. The van der Waals surface area contributed by atoms with E-state index in [1.807, 2.05) is 60.9 Å². The van der Waals surface area contributed by atoms with Crippen LogP contribution in [0, 0.1) is 32.9 Å². The molecular weight excluding hydrogens is 647 g/mol. The molecule has 0 saturated heterocycles. The molecule has 2 aromatic carbocycles. The molecule has 38 heavy (non-hydrogen) atoms. The van der Waals surface area contributed by atoms with E-state index >= 15 is 0 Å². The first-order valence-electron chi connectivity index (χ1n) is 12.5. The van der Waals surface area contributed by atoms with Crippen molar-refractivity contribution >= 4 is 22.1 Å². The standard InChI is InChI=1S/C20H17N2O.C13H12N.Ir/c1-12(2)17-10-18(22-11-13(17)3)16-7-4-6-14-15-8-5-9-21-20(15)23-19(14)16;1-10-8-13(14-9-11(10)2)12-6-4-3-5-7-12;/h4-6,8-12H,1-3H3;3-6,8-9H,1-2H3;/q2*-1;. The van der Waals surface area contributed by atoms with Crippen molar-refractivity contribution in [3.8, 4) is 22.5 Å². The molecule has 5 heteroatoms. The third kappa shape index (κ3) is 5.60. The zero-order chi connectivity index (χ0) is 25.9. The van der Waals surface area contributed by atoms with Crippen molar-refractivity contribution in [2.75, 3.05) is 0 Å². The Hall–Kier alpha value is -3.66. The van der Waals surface area contributed by atoms with Crippen LogP contribution in [0.5, 0.6) is 0 Å². The maximum atomic E-state index is 5.99. The van der Waals surface area contributed by atoms with Crippen molar-refractivity contribution in [2.24, 2.45) is 0 Å². The molecule has 0 spiro atoms. The molecule has 193 valence electrons. The minimum absolute atomic E-state index is 0. The summed E-state index contributed by atoms with van der Waals surface area (Å²) in [6.07, 6.45) is 5.58. The van der Waals surface area contributed by atoms with Crippen LogP contribution in [-0.2, 0) is 20.1 Å². The molecule has 0 aliphatic carbocycles. The molecule has 0 atom stereocenters. The average Bonchev–Trinajstić information content (AvgIpc) is 3.30. The second-order valence-corrected chi connectivity index (χ2v) is 9.56. The van der Waals surface area contributed by atoms with Crippen molar-refractivity contribution < 1.29 is 24.5 Å². The molecule has 4 heterocycles. The van der Waals surface area contributed by atoms with Crippen LogP contribution in [0.15, 0.2) is 83.7 Å². The molecule has 0 bridgehead atoms. The number of hydrogen-bond acceptors (Lipinski definition) is 4. The van der Waals surface area contributed by atoms with Gasteiger partial charge in [-0.25, -0.2) is 4.98 Å². The van der Waals surface area contributed by atoms with Crippen LogP contribution in [0.3, 0.4) is 0 Å². The number of aromatic nitrogens is 3. The molecule has 0 aliphatic rings. The second kappa shape index (κ2) is 11.8. The van der Waals surface area contributed by atoms with E-state index in [0.717, 1.165) is 38.9 Å². The second-order valence-electron chi connectivity index (χ2n) is 9.56. The monoisotopic (exact) mass is 676 g/mol. The normalized spacial score (nSPS) is 10.8. The number of fused-ring (bicyclic) bond motifs is 3. The Labute approximate surface area is 237 Å². The number of pyridine rings is 3. The summed E-state index contributed by atoms with van der Waals surface area (Å²) >= 11 is 0. The summed E-state index contributed by atoms with van der Waals surface area (Å²) in [6.45, 7) is 10.7. The zero-order valence-corrected chi connectivity index (χ0v) is 24.6. The third-order valence-electron chi connectivity index (χ3n) is 6.59. The van der Waals surface area contributed by atoms with Crippen LogP contribution >= 0.6 is 0 Å². The fourth-order valence-electron chi connectivity index (χ4n) is 4.39. The van der Waals surface area contributed by atoms with Crippen molar-refractivity contribution in [3.05, 3.63) is 114 Å². The van der Waals surface area contributed by atoms with Gasteiger partial charge in [-0.2, -0.15) is 0 Å². The SMILES string of the molecule is Cc1cnc(-c2[c-]ccc3c2oc2ncccc23)cc1C(C)C.Cc1cnc(-c2[c-]cccc2)cc1C.[Ir]. The van der Waals surface area contributed by atoms with Crippen LogP contribution in [0.4, 0.5) is 0 Å². The molecule has 0 fully saturated rings. The number of furan rings is 1. The predicted octanol–water partition coefficient (Wildman–Crippen LogP) is 8.44. The van der Waals surface area contributed by atoms with Gasteiger partial charge in [0.25, 0.3) is 0 Å². The molecule has 0 amide bonds. The van der Waals surface area contributed by atoms with E-state index in [2.05, 4.69) is 73.8 Å². The van der Waals surface area contributed by atoms with Gasteiger partial charge in [0.2, 0.25) is 5.71 Å². The van der Waals surface area contributed by atoms with Crippen molar-refractivity contribution in [2.45, 2.75) is 40.5 Å². The van der Waals surface area contributed by atoms with E-state index in [4.69, 9.17) is 4.42 Å². The van der Waals surface area contributed by atoms with E-state index in [1.165, 1.54) is 22.3 Å². The largest absolute Gasteiger partial charge is 0.486 e. The molecule has 0 saturated carbocycles. The smallest absolute Gasteiger partial charge is 0.216 e. The van der Waals surface area contributed by atoms with Crippen LogP contribution in [0.25, 0.3) is 44.6 Å². The maximum Gasteiger partial charge on any atom is 0.216 e. The molecule has 0 aliphatic heterocycles. The fourth-order valence-corrected chi connectivity index (χ4v) is 4.39. The van der Waals surface area contributed by atoms with E-state index < -0.39 is 0 Å². The average molecular weight is 676 g/mol. The van der Waals surface area contributed by atoms with Gasteiger partial charge in [-0.05, 0) is 66.9 Å². The molecule has 4 aromatic heterocycles. The van der Waals surface area contributed by atoms with Crippen LogP contribution in [-0.4, -0.2) is 15.0 Å². The topological polar surface area (TPSA) is 51.8 Å². The summed E-state index contributed by atoms with van der Waals surface area (Å²) in [7, 11) is 0. The summed E-state index contributed by atoms with van der Waals surface area (Å²) in [4.78, 5) is 13.3. The van der Waals surface area contributed by atoms with Crippen LogP contribution in [0.1, 0.15) is 42.0 Å². The first kappa shape index (κ1) is 27.4. The summed E-state index contributed by atoms with van der Waals surface area (Å²) in [6, 6.07) is 26.5. The Morgan fingerprint density at radius 1 is 0.737 bits per heavy atom. The van der Waals surface area contributed by atoms with E-state index in [9.17, 15) is 0 Å². The van der Waals surface area contributed by atoms with Crippen molar-refractivity contribution in [1.29, 1.82) is 0 Å². The Morgan fingerprint density at radius 3 is 2.26 bits per heavy atom. The minimum Gasteiger partial charge on any atom is -0.486 e. The molecule has 1 radical (unpaired) electrons. The van der Waals surface area contributed by atoms with Gasteiger partial charge in [-0.1, -0.05) is 42.5 Å². The Kier molecular flexibility index (Phi) is 8.51. The Bertz CT molecular complexity index is 1690. The van der Waals surface area contributed by atoms with Crippen molar-refractivity contribution in [3.63, 3.8) is 0 Å². The molecule has 0 N–H and O–H groups in total. The molecule has 6 aromatic rings. The quantitative estimate of drug-likeness (QED) is 0.177. The Morgan fingerprint density at radius 2 is 1.53 bits per heavy atom. The predicted molar refractivity (Wildman–Crippen MR) is 150 cm³/mol. The van der Waals surface area contributed by atoms with Gasteiger partial charge in [0, 0.05) is 44.1 Å². The number of nitrogens with zero attached hydrogens (tertiary/aromatic N) is 3. The van der Waals surface area contributed by atoms with E-state index in [0.29, 0.717) is 11.6 Å². The minimum atomic E-state index is 0. The first-order valence-corrected chi connectivity index (χ1v) is 12.5. The molecular formula is C33H29IrN3O-2. The summed E-state index contributed by atoms with van der Waals surface area (Å²) < 4.78 is 5.99. The summed E-state index contributed by atoms with van der Waals surface area (Å²) in [5, 5.41) is 2.07. The molecule has 6 rings (SSSR count). The van der Waals surface area contributed by atoms with Gasteiger partial charge in [0.1, 0.15) is 0 Å². The van der Waals surface area contributed by atoms with Gasteiger partial charge in [0.15, 0.2) is 0 Å². The van der Waals surface area contributed by atoms with Crippen LogP contribution < -0.4 is 0 Å². The number of hydrogen-bond donors (Lipinski definition) is 0. The maximum absolute atomic E-state index is 5.99. The summed E-state index contributed by atoms with van der Waals surface area (Å²) in [5.41, 5.74) is 10.3. The molecule has 0 unspecified atom stereocenters. The third-order valence-corrected chi connectivity index (χ3v) is 6.59. The number of aryl methyl sites for hydroxylation is 3. The van der Waals surface area contributed by atoms with Crippen LogP contribution in [0.2, 0.25) is 0 Å². The Balaban J connectivity index is 0.000000193. The van der Waals surface area contributed by atoms with E-state index in [1.54, 1.807) is 6.20 Å². The van der Waals surface area contributed by atoms with Gasteiger partial charge in [-0.3, -0.25) is 0 Å². The van der Waals surface area contributed by atoms with Gasteiger partial charge in [-0.15, -0.1) is 54.1 Å². The van der Waals surface area contributed by atoms with Gasteiger partial charge >= 0.3 is 0 Å².